The minimum absolute atomic E-state index is 0.0194. The van der Waals surface area contributed by atoms with Crippen LogP contribution in [0.1, 0.15) is 43.8 Å². The van der Waals surface area contributed by atoms with Gasteiger partial charge in [0.05, 0.1) is 12.2 Å². The highest BCUT2D eigenvalue weighted by atomic mass is 16.7. The van der Waals surface area contributed by atoms with Crippen molar-refractivity contribution in [1.82, 2.24) is 10.6 Å². The first-order chi connectivity index (χ1) is 21.4. The van der Waals surface area contributed by atoms with E-state index in [0.29, 0.717) is 28.7 Å². The number of amides is 2. The molecule has 1 saturated heterocycles. The number of ether oxygens (including phenoxy) is 3. The molecular formula is C34H34N2O8. The maximum absolute atomic E-state index is 13.4. The second kappa shape index (κ2) is 14.6. The molecule has 10 nitrogen and oxygen atoms in total. The van der Waals surface area contributed by atoms with Crippen LogP contribution in [0.3, 0.4) is 0 Å². The van der Waals surface area contributed by atoms with Crippen LogP contribution in [0.4, 0.5) is 0 Å². The van der Waals surface area contributed by atoms with Crippen molar-refractivity contribution in [1.29, 1.82) is 0 Å². The number of allylic oxidation sites excluding steroid dienone is 1. The molecule has 3 unspecified atom stereocenters. The van der Waals surface area contributed by atoms with Gasteiger partial charge in [-0.15, -0.1) is 0 Å². The van der Waals surface area contributed by atoms with Gasteiger partial charge in [-0.1, -0.05) is 60.7 Å². The second-order valence-electron chi connectivity index (χ2n) is 10.4. The summed E-state index contributed by atoms with van der Waals surface area (Å²) in [6, 6.07) is 21.0. The lowest BCUT2D eigenvalue weighted by atomic mass is 9.91. The summed E-state index contributed by atoms with van der Waals surface area (Å²) in [5.74, 6) is -1.00. The SMILES string of the molecule is O=C(NCc1cccc(C(=O)NCCO)c1)C1=CC2OCOC2C(OC(=O)c2ccccc2C=CCc2ccccc2O)C1. The molecule has 1 heterocycles. The number of rotatable bonds is 11. The quantitative estimate of drug-likeness (QED) is 0.246. The van der Waals surface area contributed by atoms with Gasteiger partial charge >= 0.3 is 5.97 Å². The third-order valence-corrected chi connectivity index (χ3v) is 7.39. The highest BCUT2D eigenvalue weighted by molar-refractivity contribution is 5.96. The van der Waals surface area contributed by atoms with Crippen molar-refractivity contribution in [3.63, 3.8) is 0 Å². The summed E-state index contributed by atoms with van der Waals surface area (Å²) >= 11 is 0. The highest BCUT2D eigenvalue weighted by Gasteiger charge is 2.42. The van der Waals surface area contributed by atoms with Crippen LogP contribution in [-0.2, 0) is 32.0 Å². The number of carbonyl (C=O) groups is 3. The zero-order valence-electron chi connectivity index (χ0n) is 24.0. The van der Waals surface area contributed by atoms with Crippen molar-refractivity contribution < 1.29 is 38.8 Å². The van der Waals surface area contributed by atoms with Gasteiger partial charge in [0.1, 0.15) is 30.9 Å². The monoisotopic (exact) mass is 598 g/mol. The lowest BCUT2D eigenvalue weighted by Gasteiger charge is -2.30. The summed E-state index contributed by atoms with van der Waals surface area (Å²) in [5.41, 5.74) is 3.33. The lowest BCUT2D eigenvalue weighted by molar-refractivity contribution is -0.118. The highest BCUT2D eigenvalue weighted by Crippen LogP contribution is 2.31. The number of para-hydroxylation sites is 1. The number of hydrogen-bond acceptors (Lipinski definition) is 8. The topological polar surface area (TPSA) is 143 Å². The lowest BCUT2D eigenvalue weighted by Crippen LogP contribution is -2.43. The number of carbonyl (C=O) groups excluding carboxylic acids is 3. The van der Waals surface area contributed by atoms with Gasteiger partial charge in [0.2, 0.25) is 5.91 Å². The number of phenols is 1. The van der Waals surface area contributed by atoms with Crippen molar-refractivity contribution in [3.8, 4) is 5.75 Å². The summed E-state index contributed by atoms with van der Waals surface area (Å²) in [5, 5.41) is 24.4. The molecule has 3 aromatic rings. The van der Waals surface area contributed by atoms with Crippen LogP contribution in [0, 0.1) is 0 Å². The number of esters is 1. The normalized spacial score (nSPS) is 19.2. The molecule has 1 aliphatic carbocycles. The van der Waals surface area contributed by atoms with Crippen molar-refractivity contribution in [2.24, 2.45) is 0 Å². The van der Waals surface area contributed by atoms with E-state index in [1.807, 2.05) is 30.4 Å². The molecule has 0 spiro atoms. The van der Waals surface area contributed by atoms with E-state index in [2.05, 4.69) is 10.6 Å². The average Bonchev–Trinajstić information content (AvgIpc) is 3.53. The summed E-state index contributed by atoms with van der Waals surface area (Å²) in [6.45, 7) is 0.183. The second-order valence-corrected chi connectivity index (χ2v) is 10.4. The zero-order chi connectivity index (χ0) is 30.9. The Bertz CT molecular complexity index is 1570. The minimum Gasteiger partial charge on any atom is -0.508 e. The van der Waals surface area contributed by atoms with Crippen LogP contribution in [-0.4, -0.2) is 66.3 Å². The van der Waals surface area contributed by atoms with E-state index < -0.39 is 24.3 Å². The molecular weight excluding hydrogens is 564 g/mol. The number of aliphatic hydroxyl groups excluding tert-OH is 1. The predicted molar refractivity (Wildman–Crippen MR) is 162 cm³/mol. The Balaban J connectivity index is 1.23. The number of aliphatic hydroxyl groups is 1. The number of benzene rings is 3. The molecule has 1 fully saturated rings. The largest absolute Gasteiger partial charge is 0.508 e. The van der Waals surface area contributed by atoms with E-state index in [9.17, 15) is 19.5 Å². The van der Waals surface area contributed by atoms with E-state index in [0.717, 1.165) is 11.1 Å². The third-order valence-electron chi connectivity index (χ3n) is 7.39. The van der Waals surface area contributed by atoms with Crippen molar-refractivity contribution in [2.75, 3.05) is 19.9 Å². The Morgan fingerprint density at radius 3 is 2.61 bits per heavy atom. The fraction of sp³-hybridized carbons (Fsp3) is 0.265. The molecule has 0 bridgehead atoms. The Morgan fingerprint density at radius 1 is 0.955 bits per heavy atom. The molecule has 228 valence electrons. The molecule has 5 rings (SSSR count). The smallest absolute Gasteiger partial charge is 0.339 e. The molecule has 1 aliphatic heterocycles. The molecule has 4 N–H and O–H groups in total. The number of aromatic hydroxyl groups is 1. The van der Waals surface area contributed by atoms with Crippen molar-refractivity contribution >= 4 is 23.9 Å². The standard InChI is InChI=1S/C34H34N2O8/c37-16-15-35-32(39)25-12-5-7-22(17-25)20-36-33(40)26-18-29-31(43-21-42-29)30(19-26)44-34(41)27-13-3-1-8-23(27)10-6-11-24-9-2-4-14-28(24)38/h1-10,12-14,17-18,29-31,37-38H,11,15-16,19-21H2,(H,35,39)(H,36,40). The van der Waals surface area contributed by atoms with Crippen LogP contribution in [0.25, 0.3) is 6.08 Å². The Labute approximate surface area is 255 Å². The minimum atomic E-state index is -0.752. The van der Waals surface area contributed by atoms with Crippen LogP contribution < -0.4 is 10.6 Å². The first kappa shape index (κ1) is 30.7. The fourth-order valence-corrected chi connectivity index (χ4v) is 5.14. The van der Waals surface area contributed by atoms with Gasteiger partial charge in [-0.2, -0.15) is 0 Å². The third kappa shape index (κ3) is 7.59. The van der Waals surface area contributed by atoms with E-state index in [4.69, 9.17) is 19.3 Å². The van der Waals surface area contributed by atoms with Gasteiger partial charge in [0.15, 0.2) is 0 Å². The molecule has 44 heavy (non-hydrogen) atoms. The van der Waals surface area contributed by atoms with Crippen molar-refractivity contribution in [2.45, 2.75) is 37.7 Å². The molecule has 2 aliphatic rings. The molecule has 10 heteroatoms. The van der Waals surface area contributed by atoms with Crippen molar-refractivity contribution in [3.05, 3.63) is 118 Å². The van der Waals surface area contributed by atoms with Crippen LogP contribution in [0.15, 0.2) is 90.5 Å². The Kier molecular flexibility index (Phi) is 10.2. The number of nitrogens with one attached hydrogen (secondary N) is 2. The maximum atomic E-state index is 13.4. The van der Waals surface area contributed by atoms with E-state index in [-0.39, 0.29) is 50.5 Å². The van der Waals surface area contributed by atoms with Gasteiger partial charge in [-0.3, -0.25) is 9.59 Å². The first-order valence-corrected chi connectivity index (χ1v) is 14.4. The zero-order valence-corrected chi connectivity index (χ0v) is 24.0. The summed E-state index contributed by atoms with van der Waals surface area (Å²) in [7, 11) is 0. The molecule has 2 amide bonds. The van der Waals surface area contributed by atoms with Crippen LogP contribution >= 0.6 is 0 Å². The first-order valence-electron chi connectivity index (χ1n) is 14.4. The van der Waals surface area contributed by atoms with Gasteiger partial charge in [-0.05, 0) is 53.5 Å². The van der Waals surface area contributed by atoms with Gasteiger partial charge < -0.3 is 35.1 Å². The molecule has 0 aromatic heterocycles. The summed E-state index contributed by atoms with van der Waals surface area (Å²) in [6.07, 6.45) is 4.15. The number of fused-ring (bicyclic) bond motifs is 1. The van der Waals surface area contributed by atoms with Gasteiger partial charge in [0, 0.05) is 30.6 Å². The van der Waals surface area contributed by atoms with Crippen LogP contribution in [0.2, 0.25) is 0 Å². The molecule has 0 radical (unpaired) electrons. The number of phenolic OH excluding ortho intramolecular Hbond substituents is 1. The molecule has 3 aromatic carbocycles. The predicted octanol–water partition coefficient (Wildman–Crippen LogP) is 3.28. The molecule has 0 saturated carbocycles. The number of hydrogen-bond donors (Lipinski definition) is 4. The average molecular weight is 599 g/mol. The Morgan fingerprint density at radius 2 is 1.77 bits per heavy atom. The van der Waals surface area contributed by atoms with E-state index >= 15 is 0 Å². The fourth-order valence-electron chi connectivity index (χ4n) is 5.14. The van der Waals surface area contributed by atoms with Gasteiger partial charge in [-0.25, -0.2) is 4.79 Å². The maximum Gasteiger partial charge on any atom is 0.339 e. The van der Waals surface area contributed by atoms with Crippen LogP contribution in [0.5, 0.6) is 5.75 Å². The summed E-state index contributed by atoms with van der Waals surface area (Å²) < 4.78 is 17.3. The van der Waals surface area contributed by atoms with E-state index in [1.54, 1.807) is 60.7 Å². The van der Waals surface area contributed by atoms with E-state index in [1.165, 1.54) is 0 Å². The Hall–Kier alpha value is -4.77. The summed E-state index contributed by atoms with van der Waals surface area (Å²) in [4.78, 5) is 38.8. The van der Waals surface area contributed by atoms with Gasteiger partial charge in [0.25, 0.3) is 5.91 Å². The molecule has 3 atom stereocenters.